The summed E-state index contributed by atoms with van der Waals surface area (Å²) in [6, 6.07) is 4.32. The van der Waals surface area contributed by atoms with Gasteiger partial charge in [-0.1, -0.05) is 13.8 Å². The lowest BCUT2D eigenvalue weighted by Gasteiger charge is -2.33. The molecule has 0 heterocycles. The van der Waals surface area contributed by atoms with Crippen molar-refractivity contribution in [1.82, 2.24) is 0 Å². The second kappa shape index (κ2) is 6.37. The predicted molar refractivity (Wildman–Crippen MR) is 72.6 cm³/mol. The SMILES string of the molecule is CC1CCC(Nc2ccc(OC(F)F)c(F)c2)CC1C. The number of anilines is 1. The van der Waals surface area contributed by atoms with Gasteiger partial charge >= 0.3 is 6.61 Å². The Morgan fingerprint density at radius 3 is 2.55 bits per heavy atom. The van der Waals surface area contributed by atoms with E-state index in [4.69, 9.17) is 0 Å². The molecule has 1 aliphatic carbocycles. The molecule has 0 bridgehead atoms. The van der Waals surface area contributed by atoms with Gasteiger partial charge in [-0.25, -0.2) is 4.39 Å². The zero-order valence-corrected chi connectivity index (χ0v) is 11.7. The molecule has 0 aromatic heterocycles. The van der Waals surface area contributed by atoms with E-state index < -0.39 is 18.2 Å². The number of hydrogen-bond acceptors (Lipinski definition) is 2. The summed E-state index contributed by atoms with van der Waals surface area (Å²) in [5.74, 6) is 0.155. The summed E-state index contributed by atoms with van der Waals surface area (Å²) in [6.45, 7) is 1.46. The summed E-state index contributed by atoms with van der Waals surface area (Å²) in [6.07, 6.45) is 3.23. The third-order valence-electron chi connectivity index (χ3n) is 4.12. The topological polar surface area (TPSA) is 21.3 Å². The minimum Gasteiger partial charge on any atom is -0.432 e. The second-order valence-corrected chi connectivity index (χ2v) is 5.63. The van der Waals surface area contributed by atoms with Crippen molar-refractivity contribution in [2.45, 2.75) is 45.8 Å². The molecule has 0 saturated heterocycles. The van der Waals surface area contributed by atoms with Gasteiger partial charge in [-0.2, -0.15) is 8.78 Å². The molecule has 1 fully saturated rings. The Kier molecular flexibility index (Phi) is 4.78. The van der Waals surface area contributed by atoms with Gasteiger partial charge in [0.25, 0.3) is 0 Å². The van der Waals surface area contributed by atoms with E-state index in [0.717, 1.165) is 19.3 Å². The lowest BCUT2D eigenvalue weighted by Crippen LogP contribution is -2.30. The molecule has 3 unspecified atom stereocenters. The molecule has 0 radical (unpaired) electrons. The molecule has 1 aromatic carbocycles. The Labute approximate surface area is 117 Å². The first-order valence-electron chi connectivity index (χ1n) is 6.96. The highest BCUT2D eigenvalue weighted by Crippen LogP contribution is 2.31. The quantitative estimate of drug-likeness (QED) is 0.869. The van der Waals surface area contributed by atoms with Crippen LogP contribution >= 0.6 is 0 Å². The minimum atomic E-state index is -3.01. The van der Waals surface area contributed by atoms with E-state index in [1.807, 2.05) is 0 Å². The molecule has 1 aromatic rings. The number of nitrogens with one attached hydrogen (secondary N) is 1. The number of ether oxygens (including phenoxy) is 1. The molecule has 0 aliphatic heterocycles. The zero-order chi connectivity index (χ0) is 14.7. The monoisotopic (exact) mass is 287 g/mol. The van der Waals surface area contributed by atoms with Gasteiger partial charge in [-0.15, -0.1) is 0 Å². The van der Waals surface area contributed by atoms with E-state index in [1.165, 1.54) is 12.1 Å². The predicted octanol–water partition coefficient (Wildman–Crippen LogP) is 4.66. The summed E-state index contributed by atoms with van der Waals surface area (Å²) in [5, 5.41) is 3.27. The number of alkyl halides is 2. The largest absolute Gasteiger partial charge is 0.432 e. The van der Waals surface area contributed by atoms with Crippen LogP contribution in [0.2, 0.25) is 0 Å². The third-order valence-corrected chi connectivity index (χ3v) is 4.12. The van der Waals surface area contributed by atoms with E-state index in [0.29, 0.717) is 23.6 Å². The van der Waals surface area contributed by atoms with E-state index in [1.54, 1.807) is 6.07 Å². The van der Waals surface area contributed by atoms with Crippen molar-refractivity contribution < 1.29 is 17.9 Å². The van der Waals surface area contributed by atoms with Gasteiger partial charge in [0.1, 0.15) is 0 Å². The van der Waals surface area contributed by atoms with Crippen molar-refractivity contribution in [3.05, 3.63) is 24.0 Å². The molecule has 112 valence electrons. The zero-order valence-electron chi connectivity index (χ0n) is 11.7. The van der Waals surface area contributed by atoms with Gasteiger partial charge in [0, 0.05) is 17.8 Å². The Bertz CT molecular complexity index is 453. The molecule has 3 atom stereocenters. The Balaban J connectivity index is 1.98. The van der Waals surface area contributed by atoms with Crippen LogP contribution in [-0.2, 0) is 0 Å². The average molecular weight is 287 g/mol. The maximum absolute atomic E-state index is 13.6. The van der Waals surface area contributed by atoms with Crippen molar-refractivity contribution >= 4 is 5.69 Å². The lowest BCUT2D eigenvalue weighted by molar-refractivity contribution is -0.0521. The van der Waals surface area contributed by atoms with Crippen LogP contribution in [0.4, 0.5) is 18.9 Å². The van der Waals surface area contributed by atoms with E-state index in [9.17, 15) is 13.2 Å². The summed E-state index contributed by atoms with van der Waals surface area (Å²) in [5.41, 5.74) is 0.607. The summed E-state index contributed by atoms with van der Waals surface area (Å²) < 4.78 is 41.8. The molecule has 0 spiro atoms. The second-order valence-electron chi connectivity index (χ2n) is 5.63. The van der Waals surface area contributed by atoms with Crippen LogP contribution in [-0.4, -0.2) is 12.7 Å². The Hall–Kier alpha value is -1.39. The van der Waals surface area contributed by atoms with Crippen LogP contribution in [0.25, 0.3) is 0 Å². The third kappa shape index (κ3) is 3.81. The van der Waals surface area contributed by atoms with Crippen LogP contribution in [0.5, 0.6) is 5.75 Å². The van der Waals surface area contributed by atoms with Crippen molar-refractivity contribution in [3.8, 4) is 5.75 Å². The van der Waals surface area contributed by atoms with Crippen LogP contribution in [0, 0.1) is 17.7 Å². The van der Waals surface area contributed by atoms with Gasteiger partial charge < -0.3 is 10.1 Å². The number of halogens is 3. The fourth-order valence-corrected chi connectivity index (χ4v) is 2.70. The molecular weight excluding hydrogens is 267 g/mol. The van der Waals surface area contributed by atoms with E-state index in [-0.39, 0.29) is 0 Å². The highest BCUT2D eigenvalue weighted by Gasteiger charge is 2.24. The maximum atomic E-state index is 13.6. The number of benzene rings is 1. The van der Waals surface area contributed by atoms with Crippen LogP contribution < -0.4 is 10.1 Å². The fraction of sp³-hybridized carbons (Fsp3) is 0.600. The van der Waals surface area contributed by atoms with Crippen molar-refractivity contribution in [2.24, 2.45) is 11.8 Å². The normalized spacial score (nSPS) is 26.6. The van der Waals surface area contributed by atoms with Crippen LogP contribution in [0.3, 0.4) is 0 Å². The van der Waals surface area contributed by atoms with E-state index >= 15 is 0 Å². The molecule has 1 saturated carbocycles. The maximum Gasteiger partial charge on any atom is 0.387 e. The Morgan fingerprint density at radius 1 is 1.20 bits per heavy atom. The minimum absolute atomic E-state index is 0.308. The van der Waals surface area contributed by atoms with Gasteiger partial charge in [0.2, 0.25) is 0 Å². The fourth-order valence-electron chi connectivity index (χ4n) is 2.70. The first-order valence-corrected chi connectivity index (χ1v) is 6.96. The molecule has 5 heteroatoms. The molecule has 1 aliphatic rings. The van der Waals surface area contributed by atoms with Crippen molar-refractivity contribution in [3.63, 3.8) is 0 Å². The number of hydrogen-bond donors (Lipinski definition) is 1. The highest BCUT2D eigenvalue weighted by atomic mass is 19.3. The van der Waals surface area contributed by atoms with Gasteiger partial charge in [0.05, 0.1) is 0 Å². The molecule has 0 amide bonds. The van der Waals surface area contributed by atoms with Gasteiger partial charge in [0.15, 0.2) is 11.6 Å². The summed E-state index contributed by atoms with van der Waals surface area (Å²) in [7, 11) is 0. The van der Waals surface area contributed by atoms with Crippen LogP contribution in [0.15, 0.2) is 18.2 Å². The first-order chi connectivity index (χ1) is 9.45. The lowest BCUT2D eigenvalue weighted by atomic mass is 9.79. The highest BCUT2D eigenvalue weighted by molar-refractivity contribution is 5.48. The smallest absolute Gasteiger partial charge is 0.387 e. The van der Waals surface area contributed by atoms with Gasteiger partial charge in [-0.3, -0.25) is 0 Å². The molecule has 2 rings (SSSR count). The number of rotatable bonds is 4. The first kappa shape index (κ1) is 15.0. The van der Waals surface area contributed by atoms with Crippen molar-refractivity contribution in [1.29, 1.82) is 0 Å². The molecule has 2 nitrogen and oxygen atoms in total. The van der Waals surface area contributed by atoms with E-state index in [2.05, 4.69) is 23.9 Å². The molecule has 20 heavy (non-hydrogen) atoms. The Morgan fingerprint density at radius 2 is 1.95 bits per heavy atom. The van der Waals surface area contributed by atoms with Gasteiger partial charge in [-0.05, 0) is 43.2 Å². The standard InChI is InChI=1S/C15H20F3NO/c1-9-3-4-11(7-10(9)2)19-12-5-6-14(13(16)8-12)20-15(17)18/h5-6,8-11,15,19H,3-4,7H2,1-2H3. The van der Waals surface area contributed by atoms with Crippen LogP contribution in [0.1, 0.15) is 33.1 Å². The molecule has 1 N–H and O–H groups in total. The average Bonchev–Trinajstić information content (AvgIpc) is 2.37. The van der Waals surface area contributed by atoms with Crippen molar-refractivity contribution in [2.75, 3.05) is 5.32 Å². The molecular formula is C15H20F3NO. The summed E-state index contributed by atoms with van der Waals surface area (Å²) in [4.78, 5) is 0. The summed E-state index contributed by atoms with van der Waals surface area (Å²) >= 11 is 0.